The molecule has 0 aliphatic rings. The Balaban J connectivity index is 3.59. The number of aromatic nitrogens is 2. The van der Waals surface area contributed by atoms with Gasteiger partial charge in [-0.15, -0.1) is 0 Å². The van der Waals surface area contributed by atoms with Crippen LogP contribution in [0.3, 0.4) is 0 Å². The molecular formula is C9H12N2O5. The van der Waals surface area contributed by atoms with Crippen LogP contribution in [0.5, 0.6) is 5.88 Å². The summed E-state index contributed by atoms with van der Waals surface area (Å²) >= 11 is 0. The molecule has 0 saturated heterocycles. The van der Waals surface area contributed by atoms with Crippen molar-refractivity contribution in [3.8, 4) is 5.88 Å². The predicted octanol–water partition coefficient (Wildman–Crippen LogP) is -1.03. The fraction of sp³-hybridized carbons (Fsp3) is 0.444. The molecule has 0 amide bonds. The van der Waals surface area contributed by atoms with Gasteiger partial charge in [0.25, 0.3) is 5.56 Å². The Morgan fingerprint density at radius 2 is 1.88 bits per heavy atom. The molecule has 1 N–H and O–H groups in total. The van der Waals surface area contributed by atoms with Gasteiger partial charge < -0.3 is 9.84 Å². The molecule has 1 aromatic rings. The van der Waals surface area contributed by atoms with Crippen molar-refractivity contribution in [3.05, 3.63) is 26.4 Å². The quantitative estimate of drug-likeness (QED) is 0.653. The van der Waals surface area contributed by atoms with Crippen molar-refractivity contribution in [1.29, 1.82) is 0 Å². The van der Waals surface area contributed by atoms with Gasteiger partial charge in [0.05, 0.1) is 6.61 Å². The summed E-state index contributed by atoms with van der Waals surface area (Å²) < 4.78 is 6.14. The van der Waals surface area contributed by atoms with Crippen molar-refractivity contribution in [3.63, 3.8) is 0 Å². The third kappa shape index (κ3) is 1.71. The highest BCUT2D eigenvalue weighted by molar-refractivity contribution is 5.91. The van der Waals surface area contributed by atoms with Crippen molar-refractivity contribution < 1.29 is 14.6 Å². The first kappa shape index (κ1) is 12.0. The van der Waals surface area contributed by atoms with Gasteiger partial charge in [-0.2, -0.15) is 0 Å². The molecule has 7 heteroatoms. The van der Waals surface area contributed by atoms with Crippen LogP contribution in [0.15, 0.2) is 9.59 Å². The molecule has 0 saturated carbocycles. The summed E-state index contributed by atoms with van der Waals surface area (Å²) in [6, 6.07) is 0. The smallest absolute Gasteiger partial charge is 0.349 e. The van der Waals surface area contributed by atoms with E-state index in [2.05, 4.69) is 4.74 Å². The fourth-order valence-electron chi connectivity index (χ4n) is 1.22. The molecule has 0 aliphatic heterocycles. The first-order valence-electron chi connectivity index (χ1n) is 4.57. The topological polar surface area (TPSA) is 90.5 Å². The van der Waals surface area contributed by atoms with Gasteiger partial charge in [0, 0.05) is 14.1 Å². The van der Waals surface area contributed by atoms with Crippen LogP contribution < -0.4 is 11.2 Å². The average Bonchev–Trinajstić information content (AvgIpc) is 2.24. The number of esters is 1. The van der Waals surface area contributed by atoms with Crippen LogP contribution in [0.1, 0.15) is 17.3 Å². The van der Waals surface area contributed by atoms with E-state index in [0.29, 0.717) is 0 Å². The molecule has 0 unspecified atom stereocenters. The second-order valence-corrected chi connectivity index (χ2v) is 3.12. The lowest BCUT2D eigenvalue weighted by atomic mass is 10.3. The Labute approximate surface area is 90.5 Å². The van der Waals surface area contributed by atoms with E-state index in [-0.39, 0.29) is 6.61 Å². The highest BCUT2D eigenvalue weighted by atomic mass is 16.5. The minimum absolute atomic E-state index is 0.0737. The molecule has 0 aliphatic carbocycles. The van der Waals surface area contributed by atoms with Gasteiger partial charge in [0.15, 0.2) is 5.56 Å². The number of ether oxygens (including phenoxy) is 1. The molecule has 0 fully saturated rings. The maximum atomic E-state index is 11.6. The van der Waals surface area contributed by atoms with Gasteiger partial charge in [-0.3, -0.25) is 13.9 Å². The number of carbonyl (C=O) groups excluding carboxylic acids is 1. The van der Waals surface area contributed by atoms with E-state index in [1.807, 2.05) is 0 Å². The lowest BCUT2D eigenvalue weighted by Crippen LogP contribution is -2.40. The number of nitrogens with zero attached hydrogens (tertiary/aromatic N) is 2. The molecular weight excluding hydrogens is 216 g/mol. The van der Waals surface area contributed by atoms with E-state index < -0.39 is 28.7 Å². The monoisotopic (exact) mass is 228 g/mol. The third-order valence-electron chi connectivity index (χ3n) is 2.11. The Bertz CT molecular complexity index is 540. The Morgan fingerprint density at radius 3 is 2.38 bits per heavy atom. The summed E-state index contributed by atoms with van der Waals surface area (Å²) in [4.78, 5) is 34.3. The largest absolute Gasteiger partial charge is 0.494 e. The number of carbonyl (C=O) groups is 1. The lowest BCUT2D eigenvalue weighted by Gasteiger charge is -2.08. The van der Waals surface area contributed by atoms with Gasteiger partial charge in [0.1, 0.15) is 0 Å². The van der Waals surface area contributed by atoms with E-state index in [9.17, 15) is 19.5 Å². The molecule has 1 aromatic heterocycles. The zero-order valence-corrected chi connectivity index (χ0v) is 9.18. The zero-order valence-electron chi connectivity index (χ0n) is 9.18. The van der Waals surface area contributed by atoms with E-state index in [4.69, 9.17) is 0 Å². The van der Waals surface area contributed by atoms with Crippen molar-refractivity contribution in [2.45, 2.75) is 6.92 Å². The highest BCUT2D eigenvalue weighted by Crippen LogP contribution is 2.09. The number of hydrogen-bond acceptors (Lipinski definition) is 5. The van der Waals surface area contributed by atoms with Crippen molar-refractivity contribution in [2.24, 2.45) is 14.1 Å². The molecule has 1 rings (SSSR count). The van der Waals surface area contributed by atoms with Crippen LogP contribution >= 0.6 is 0 Å². The van der Waals surface area contributed by atoms with Crippen LogP contribution in [0.25, 0.3) is 0 Å². The zero-order chi connectivity index (χ0) is 12.5. The molecule has 1 heterocycles. The second kappa shape index (κ2) is 4.21. The summed E-state index contributed by atoms with van der Waals surface area (Å²) in [5, 5.41) is 9.53. The van der Waals surface area contributed by atoms with Gasteiger partial charge >= 0.3 is 11.7 Å². The summed E-state index contributed by atoms with van der Waals surface area (Å²) in [5.41, 5.74) is -2.12. The summed E-state index contributed by atoms with van der Waals surface area (Å²) in [5.74, 6) is -1.64. The second-order valence-electron chi connectivity index (χ2n) is 3.12. The minimum Gasteiger partial charge on any atom is -0.494 e. The predicted molar refractivity (Wildman–Crippen MR) is 54.5 cm³/mol. The van der Waals surface area contributed by atoms with Crippen molar-refractivity contribution in [2.75, 3.05) is 6.61 Å². The Morgan fingerprint density at radius 1 is 1.31 bits per heavy atom. The average molecular weight is 228 g/mol. The molecule has 0 atom stereocenters. The SMILES string of the molecule is CCOC(=O)c1c(O)n(C)c(=O)n(C)c1=O. The van der Waals surface area contributed by atoms with Crippen LogP contribution in [-0.2, 0) is 18.8 Å². The molecule has 0 aromatic carbocycles. The van der Waals surface area contributed by atoms with Gasteiger partial charge in [-0.1, -0.05) is 0 Å². The molecule has 0 bridgehead atoms. The fourth-order valence-corrected chi connectivity index (χ4v) is 1.22. The normalized spacial score (nSPS) is 10.2. The first-order valence-corrected chi connectivity index (χ1v) is 4.57. The number of rotatable bonds is 2. The van der Waals surface area contributed by atoms with Crippen LogP contribution in [0, 0.1) is 0 Å². The van der Waals surface area contributed by atoms with E-state index in [0.717, 1.165) is 9.13 Å². The van der Waals surface area contributed by atoms with Gasteiger partial charge in [-0.25, -0.2) is 9.59 Å². The summed E-state index contributed by atoms with van der Waals surface area (Å²) in [6.45, 7) is 1.64. The molecule has 16 heavy (non-hydrogen) atoms. The Kier molecular flexibility index (Phi) is 3.17. The van der Waals surface area contributed by atoms with Gasteiger partial charge in [0.2, 0.25) is 5.88 Å². The molecule has 7 nitrogen and oxygen atoms in total. The Hall–Kier alpha value is -2.05. The lowest BCUT2D eigenvalue weighted by molar-refractivity contribution is 0.0517. The summed E-state index contributed by atoms with van der Waals surface area (Å²) in [7, 11) is 2.46. The maximum absolute atomic E-state index is 11.6. The minimum atomic E-state index is -0.948. The van der Waals surface area contributed by atoms with Crippen LogP contribution in [0.4, 0.5) is 0 Å². The van der Waals surface area contributed by atoms with Crippen molar-refractivity contribution in [1.82, 2.24) is 9.13 Å². The van der Waals surface area contributed by atoms with Crippen LogP contribution in [0.2, 0.25) is 0 Å². The standard InChI is InChI=1S/C9H12N2O5/c1-4-16-8(14)5-6(12)10(2)9(15)11(3)7(5)13/h12H,4H2,1-3H3. The first-order chi connectivity index (χ1) is 7.41. The highest BCUT2D eigenvalue weighted by Gasteiger charge is 2.22. The molecule has 0 spiro atoms. The van der Waals surface area contributed by atoms with Crippen LogP contribution in [-0.4, -0.2) is 26.8 Å². The number of hydrogen-bond donors (Lipinski definition) is 1. The van der Waals surface area contributed by atoms with Crippen molar-refractivity contribution >= 4 is 5.97 Å². The molecule has 88 valence electrons. The number of aromatic hydroxyl groups is 1. The summed E-state index contributed by atoms with van der Waals surface area (Å²) in [6.07, 6.45) is 0. The van der Waals surface area contributed by atoms with E-state index in [1.54, 1.807) is 6.92 Å². The van der Waals surface area contributed by atoms with E-state index in [1.165, 1.54) is 14.1 Å². The third-order valence-corrected chi connectivity index (χ3v) is 2.11. The van der Waals surface area contributed by atoms with E-state index >= 15 is 0 Å². The maximum Gasteiger partial charge on any atom is 0.349 e. The molecule has 0 radical (unpaired) electrons. The van der Waals surface area contributed by atoms with Gasteiger partial charge in [-0.05, 0) is 6.92 Å².